The van der Waals surface area contributed by atoms with Crippen LogP contribution >= 0.6 is 0 Å². The Morgan fingerprint density at radius 3 is 2.65 bits per heavy atom. The van der Waals surface area contributed by atoms with Crippen LogP contribution in [0.25, 0.3) is 0 Å². The third-order valence-corrected chi connectivity index (χ3v) is 2.49. The highest BCUT2D eigenvalue weighted by Crippen LogP contribution is 2.23. The predicted molar refractivity (Wildman–Crippen MR) is 65.1 cm³/mol. The van der Waals surface area contributed by atoms with Gasteiger partial charge in [0.15, 0.2) is 0 Å². The summed E-state index contributed by atoms with van der Waals surface area (Å²) in [7, 11) is 0. The molecule has 0 heterocycles. The molecular formula is C12H18N2O3. The van der Waals surface area contributed by atoms with Gasteiger partial charge in [-0.1, -0.05) is 18.2 Å². The average Bonchev–Trinajstić information content (AvgIpc) is 2.28. The van der Waals surface area contributed by atoms with Gasteiger partial charge < -0.3 is 21.3 Å². The van der Waals surface area contributed by atoms with Gasteiger partial charge in [0, 0.05) is 24.7 Å². The third-order valence-electron chi connectivity index (χ3n) is 2.49. The van der Waals surface area contributed by atoms with Gasteiger partial charge in [0.25, 0.3) is 0 Å². The smallest absolute Gasteiger partial charge is 0.216 e. The quantitative estimate of drug-likeness (QED) is 0.551. The molecule has 1 aromatic carbocycles. The summed E-state index contributed by atoms with van der Waals surface area (Å²) in [5, 5.41) is 22.2. The lowest BCUT2D eigenvalue weighted by Gasteiger charge is -2.19. The molecule has 0 aliphatic heterocycles. The first-order valence-corrected chi connectivity index (χ1v) is 5.47. The monoisotopic (exact) mass is 238 g/mol. The molecule has 17 heavy (non-hydrogen) atoms. The Labute approximate surface area is 100 Å². The molecule has 0 radical (unpaired) electrons. The molecule has 5 heteroatoms. The highest BCUT2D eigenvalue weighted by Gasteiger charge is 2.19. The summed E-state index contributed by atoms with van der Waals surface area (Å²) >= 11 is 0. The van der Waals surface area contributed by atoms with E-state index in [0.717, 1.165) is 0 Å². The minimum absolute atomic E-state index is 0.161. The summed E-state index contributed by atoms with van der Waals surface area (Å²) < 4.78 is 0. The number of para-hydroxylation sites is 1. The molecule has 0 saturated heterocycles. The number of anilines is 1. The van der Waals surface area contributed by atoms with Gasteiger partial charge in [-0.25, -0.2) is 0 Å². The molecule has 0 spiro atoms. The van der Waals surface area contributed by atoms with Crippen LogP contribution in [0, 0.1) is 0 Å². The number of rotatable bonds is 5. The van der Waals surface area contributed by atoms with E-state index in [0.29, 0.717) is 17.8 Å². The van der Waals surface area contributed by atoms with Gasteiger partial charge in [-0.05, 0) is 12.5 Å². The van der Waals surface area contributed by atoms with Crippen LogP contribution in [0.3, 0.4) is 0 Å². The zero-order valence-electron chi connectivity index (χ0n) is 9.76. The maximum Gasteiger partial charge on any atom is 0.216 e. The molecule has 0 aromatic heterocycles. The lowest BCUT2D eigenvalue weighted by atomic mass is 10.0. The fourth-order valence-electron chi connectivity index (χ4n) is 1.54. The van der Waals surface area contributed by atoms with E-state index in [9.17, 15) is 15.0 Å². The number of carbonyl (C=O) groups is 1. The molecule has 1 rings (SSSR count). The van der Waals surface area contributed by atoms with Crippen molar-refractivity contribution in [3.05, 3.63) is 29.8 Å². The number of hydrogen-bond acceptors (Lipinski definition) is 4. The van der Waals surface area contributed by atoms with Crippen LogP contribution in [-0.2, 0) is 4.79 Å². The highest BCUT2D eigenvalue weighted by molar-refractivity contribution is 5.72. The van der Waals surface area contributed by atoms with Gasteiger partial charge in [-0.3, -0.25) is 4.79 Å². The first-order chi connectivity index (χ1) is 8.02. The molecule has 0 aliphatic rings. The summed E-state index contributed by atoms with van der Waals surface area (Å²) in [6.07, 6.45) is -1.72. The molecule has 0 saturated carbocycles. The number of nitrogens with one attached hydrogen (secondary N) is 1. The fraction of sp³-hybridized carbons (Fsp3) is 0.417. The van der Waals surface area contributed by atoms with Crippen LogP contribution in [0.2, 0.25) is 0 Å². The normalized spacial score (nSPS) is 14.1. The minimum Gasteiger partial charge on any atom is -0.398 e. The summed E-state index contributed by atoms with van der Waals surface area (Å²) in [4.78, 5) is 10.6. The number of aliphatic hydroxyl groups is 2. The van der Waals surface area contributed by atoms with Gasteiger partial charge in [0.2, 0.25) is 5.91 Å². The van der Waals surface area contributed by atoms with Crippen LogP contribution in [0.4, 0.5) is 5.69 Å². The van der Waals surface area contributed by atoms with Crippen LogP contribution in [0.5, 0.6) is 0 Å². The van der Waals surface area contributed by atoms with Gasteiger partial charge >= 0.3 is 0 Å². The molecule has 1 amide bonds. The van der Waals surface area contributed by atoms with E-state index in [1.165, 1.54) is 6.92 Å². The minimum atomic E-state index is -1.04. The Kier molecular flexibility index (Phi) is 4.93. The van der Waals surface area contributed by atoms with E-state index >= 15 is 0 Å². The molecule has 1 aromatic rings. The summed E-state index contributed by atoms with van der Waals surface area (Å²) in [6.45, 7) is 1.72. The lowest BCUT2D eigenvalue weighted by Crippen LogP contribution is -2.27. The van der Waals surface area contributed by atoms with Crippen molar-refractivity contribution in [2.24, 2.45) is 0 Å². The number of nitrogen functional groups attached to an aromatic ring is 1. The fourth-order valence-corrected chi connectivity index (χ4v) is 1.54. The van der Waals surface area contributed by atoms with Crippen molar-refractivity contribution < 1.29 is 15.0 Å². The van der Waals surface area contributed by atoms with Gasteiger partial charge in [-0.15, -0.1) is 0 Å². The van der Waals surface area contributed by atoms with Crippen LogP contribution in [-0.4, -0.2) is 28.8 Å². The van der Waals surface area contributed by atoms with E-state index in [2.05, 4.69) is 5.32 Å². The zero-order valence-corrected chi connectivity index (χ0v) is 9.76. The van der Waals surface area contributed by atoms with Crippen LogP contribution in [0.1, 0.15) is 25.0 Å². The molecule has 2 atom stereocenters. The van der Waals surface area contributed by atoms with E-state index in [4.69, 9.17) is 5.73 Å². The molecular weight excluding hydrogens is 220 g/mol. The maximum atomic E-state index is 10.6. The molecule has 94 valence electrons. The largest absolute Gasteiger partial charge is 0.398 e. The number of nitrogens with two attached hydrogens (primary N) is 1. The number of amides is 1. The Bertz CT molecular complexity index is 382. The SMILES string of the molecule is CC(=O)NCCC(O)C(O)c1ccccc1N. The van der Waals surface area contributed by atoms with Crippen molar-refractivity contribution in [1.82, 2.24) is 5.32 Å². The van der Waals surface area contributed by atoms with E-state index < -0.39 is 12.2 Å². The van der Waals surface area contributed by atoms with Gasteiger partial charge in [0.05, 0.1) is 6.10 Å². The Morgan fingerprint density at radius 2 is 2.06 bits per heavy atom. The van der Waals surface area contributed by atoms with Gasteiger partial charge in [0.1, 0.15) is 6.10 Å². The summed E-state index contributed by atoms with van der Waals surface area (Å²) in [5.74, 6) is -0.161. The lowest BCUT2D eigenvalue weighted by molar-refractivity contribution is -0.119. The van der Waals surface area contributed by atoms with Crippen molar-refractivity contribution in [1.29, 1.82) is 0 Å². The van der Waals surface area contributed by atoms with Crippen molar-refractivity contribution in [3.63, 3.8) is 0 Å². The van der Waals surface area contributed by atoms with Crippen molar-refractivity contribution in [3.8, 4) is 0 Å². The van der Waals surface area contributed by atoms with Gasteiger partial charge in [-0.2, -0.15) is 0 Å². The molecule has 0 aliphatic carbocycles. The number of benzene rings is 1. The highest BCUT2D eigenvalue weighted by atomic mass is 16.3. The standard InChI is InChI=1S/C12H18N2O3/c1-8(15)14-7-6-11(16)12(17)9-4-2-3-5-10(9)13/h2-5,11-12,16-17H,6-7,13H2,1H3,(H,14,15). The molecule has 0 bridgehead atoms. The van der Waals surface area contributed by atoms with Crippen molar-refractivity contribution in [2.45, 2.75) is 25.6 Å². The Morgan fingerprint density at radius 1 is 1.41 bits per heavy atom. The number of carbonyl (C=O) groups excluding carboxylic acids is 1. The van der Waals surface area contributed by atoms with E-state index in [1.807, 2.05) is 0 Å². The first kappa shape index (κ1) is 13.5. The molecule has 0 fully saturated rings. The summed E-state index contributed by atoms with van der Waals surface area (Å²) in [6, 6.07) is 6.84. The molecule has 5 nitrogen and oxygen atoms in total. The Hall–Kier alpha value is -1.59. The topological polar surface area (TPSA) is 95.6 Å². The average molecular weight is 238 g/mol. The first-order valence-electron chi connectivity index (χ1n) is 5.47. The van der Waals surface area contributed by atoms with Crippen LogP contribution < -0.4 is 11.1 Å². The van der Waals surface area contributed by atoms with Crippen LogP contribution in [0.15, 0.2) is 24.3 Å². The summed E-state index contributed by atoms with van der Waals surface area (Å²) in [5.41, 5.74) is 6.64. The zero-order chi connectivity index (χ0) is 12.8. The molecule has 2 unspecified atom stereocenters. The number of hydrogen-bond donors (Lipinski definition) is 4. The Balaban J connectivity index is 2.55. The predicted octanol–water partition coefficient (Wildman–Crippen LogP) is 0.189. The number of aliphatic hydroxyl groups excluding tert-OH is 2. The second-order valence-electron chi connectivity index (χ2n) is 3.91. The maximum absolute atomic E-state index is 10.6. The van der Waals surface area contributed by atoms with E-state index in [-0.39, 0.29) is 12.3 Å². The van der Waals surface area contributed by atoms with Crippen molar-refractivity contribution >= 4 is 11.6 Å². The third kappa shape index (κ3) is 4.05. The molecule has 5 N–H and O–H groups in total. The second kappa shape index (κ2) is 6.22. The second-order valence-corrected chi connectivity index (χ2v) is 3.91. The van der Waals surface area contributed by atoms with E-state index in [1.54, 1.807) is 24.3 Å². The van der Waals surface area contributed by atoms with Crippen molar-refractivity contribution in [2.75, 3.05) is 12.3 Å².